The van der Waals surface area contributed by atoms with Crippen LogP contribution < -0.4 is 0 Å². The fraction of sp³-hybridized carbons (Fsp3) is 0.353. The lowest BCUT2D eigenvalue weighted by Gasteiger charge is -2.09. The molecule has 1 heterocycles. The van der Waals surface area contributed by atoms with Crippen molar-refractivity contribution in [2.24, 2.45) is 0 Å². The summed E-state index contributed by atoms with van der Waals surface area (Å²) in [4.78, 5) is 21.1. The summed E-state index contributed by atoms with van der Waals surface area (Å²) in [5.41, 5.74) is 4.95. The number of hydrogen-bond donors (Lipinski definition) is 0. The zero-order chi connectivity index (χ0) is 15.0. The lowest BCUT2D eigenvalue weighted by Crippen LogP contribution is -2.05. The lowest BCUT2D eigenvalue weighted by molar-refractivity contribution is 0.0981. The molecule has 1 aromatic heterocycles. The van der Waals surface area contributed by atoms with Gasteiger partial charge in [0.1, 0.15) is 0 Å². The van der Waals surface area contributed by atoms with Gasteiger partial charge < -0.3 is 0 Å². The molecule has 4 heteroatoms. The second kappa shape index (κ2) is 5.68. The molecule has 108 valence electrons. The molecule has 0 saturated heterocycles. The monoisotopic (exact) mass is 344 g/mol. The number of fused-ring (bicyclic) bond motifs is 1. The van der Waals surface area contributed by atoms with Gasteiger partial charge in [-0.2, -0.15) is 0 Å². The third kappa shape index (κ3) is 2.77. The maximum Gasteiger partial charge on any atom is 0.166 e. The topological polar surface area (TPSA) is 42.9 Å². The molecule has 0 amide bonds. The predicted octanol–water partition coefficient (Wildman–Crippen LogP) is 4.43. The van der Waals surface area contributed by atoms with E-state index in [4.69, 9.17) is 0 Å². The first-order valence-corrected chi connectivity index (χ1v) is 8.02. The van der Waals surface area contributed by atoms with Crippen LogP contribution in [0.4, 0.5) is 0 Å². The van der Waals surface area contributed by atoms with Crippen molar-refractivity contribution in [1.29, 1.82) is 0 Å². The van der Waals surface area contributed by atoms with Gasteiger partial charge in [0.25, 0.3) is 0 Å². The first-order chi connectivity index (χ1) is 10.1. The summed E-state index contributed by atoms with van der Waals surface area (Å²) >= 11 is 3.58. The quantitative estimate of drug-likeness (QED) is 0.718. The van der Waals surface area contributed by atoms with Gasteiger partial charge in [0.05, 0.1) is 11.3 Å². The number of rotatable bonds is 1. The smallest absolute Gasteiger partial charge is 0.166 e. The number of ketones is 1. The van der Waals surface area contributed by atoms with Crippen LogP contribution in [0.25, 0.3) is 11.4 Å². The van der Waals surface area contributed by atoms with E-state index in [1.54, 1.807) is 6.20 Å². The number of Topliss-reactive ketones (excluding diaryl/α,β-unsaturated/α-hetero) is 1. The van der Waals surface area contributed by atoms with E-state index in [9.17, 15) is 4.79 Å². The van der Waals surface area contributed by atoms with Crippen LogP contribution in [0.2, 0.25) is 0 Å². The minimum Gasteiger partial charge on any atom is -0.294 e. The third-order valence-corrected chi connectivity index (χ3v) is 5.18. The Kier molecular flexibility index (Phi) is 3.89. The molecule has 0 spiro atoms. The van der Waals surface area contributed by atoms with Crippen molar-refractivity contribution in [3.05, 3.63) is 45.2 Å². The Balaban J connectivity index is 2.08. The van der Waals surface area contributed by atoms with E-state index in [0.29, 0.717) is 17.8 Å². The molecule has 0 aliphatic heterocycles. The van der Waals surface area contributed by atoms with Gasteiger partial charge in [0, 0.05) is 22.7 Å². The Bertz CT molecular complexity index is 702. The van der Waals surface area contributed by atoms with Gasteiger partial charge in [-0.05, 0) is 56.4 Å². The zero-order valence-corrected chi connectivity index (χ0v) is 13.8. The Labute approximate surface area is 133 Å². The molecule has 0 N–H and O–H groups in total. The normalized spacial score (nSPS) is 14.7. The highest BCUT2D eigenvalue weighted by Crippen LogP contribution is 2.28. The molecule has 1 aliphatic rings. The van der Waals surface area contributed by atoms with Gasteiger partial charge in [-0.15, -0.1) is 0 Å². The average Bonchev–Trinajstić information content (AvgIpc) is 2.66. The summed E-state index contributed by atoms with van der Waals surface area (Å²) in [7, 11) is 0. The average molecular weight is 345 g/mol. The molecule has 21 heavy (non-hydrogen) atoms. The molecule has 0 saturated carbocycles. The molecule has 0 fully saturated rings. The first-order valence-electron chi connectivity index (χ1n) is 7.22. The van der Waals surface area contributed by atoms with E-state index in [-0.39, 0.29) is 5.78 Å². The van der Waals surface area contributed by atoms with Crippen LogP contribution in [0.1, 0.15) is 46.4 Å². The van der Waals surface area contributed by atoms with Crippen LogP contribution in [-0.4, -0.2) is 15.8 Å². The van der Waals surface area contributed by atoms with Crippen LogP contribution in [-0.2, 0) is 6.42 Å². The van der Waals surface area contributed by atoms with Gasteiger partial charge in [-0.25, -0.2) is 9.97 Å². The van der Waals surface area contributed by atoms with E-state index in [1.807, 2.05) is 0 Å². The Hall–Kier alpha value is -1.55. The Morgan fingerprint density at radius 2 is 1.76 bits per heavy atom. The summed E-state index contributed by atoms with van der Waals surface area (Å²) in [6.07, 6.45) is 5.16. The minimum atomic E-state index is 0.178. The fourth-order valence-corrected chi connectivity index (χ4v) is 3.00. The predicted molar refractivity (Wildman–Crippen MR) is 86.5 cm³/mol. The highest BCUT2D eigenvalue weighted by molar-refractivity contribution is 9.10. The second-order valence-electron chi connectivity index (χ2n) is 5.61. The van der Waals surface area contributed by atoms with Gasteiger partial charge in [0.2, 0.25) is 0 Å². The van der Waals surface area contributed by atoms with Gasteiger partial charge in [0.15, 0.2) is 11.6 Å². The number of nitrogens with zero attached hydrogens (tertiary/aromatic N) is 2. The molecule has 0 radical (unpaired) electrons. The fourth-order valence-electron chi connectivity index (χ4n) is 2.77. The SMILES string of the molecule is Cc1cc(-c2ncc3c(n2)CCCCC3=O)cc(C)c1Br. The van der Waals surface area contributed by atoms with Crippen molar-refractivity contribution < 1.29 is 4.79 Å². The lowest BCUT2D eigenvalue weighted by atomic mass is 10.1. The summed E-state index contributed by atoms with van der Waals surface area (Å²) in [5.74, 6) is 0.888. The highest BCUT2D eigenvalue weighted by Gasteiger charge is 2.18. The van der Waals surface area contributed by atoms with Gasteiger partial charge in [-0.1, -0.05) is 15.9 Å². The molecule has 3 nitrogen and oxygen atoms in total. The van der Waals surface area contributed by atoms with Crippen LogP contribution in [0.5, 0.6) is 0 Å². The van der Waals surface area contributed by atoms with Crippen molar-refractivity contribution in [3.63, 3.8) is 0 Å². The van der Waals surface area contributed by atoms with E-state index >= 15 is 0 Å². The zero-order valence-electron chi connectivity index (χ0n) is 12.2. The molecule has 1 aromatic carbocycles. The van der Waals surface area contributed by atoms with Gasteiger partial charge in [-0.3, -0.25) is 4.79 Å². The number of benzene rings is 1. The van der Waals surface area contributed by atoms with Crippen molar-refractivity contribution in [2.45, 2.75) is 39.5 Å². The first kappa shape index (κ1) is 14.4. The van der Waals surface area contributed by atoms with Crippen molar-refractivity contribution in [1.82, 2.24) is 9.97 Å². The summed E-state index contributed by atoms with van der Waals surface area (Å²) < 4.78 is 1.12. The Morgan fingerprint density at radius 3 is 2.48 bits per heavy atom. The number of aromatic nitrogens is 2. The summed E-state index contributed by atoms with van der Waals surface area (Å²) in [6, 6.07) is 4.16. The molecule has 1 aliphatic carbocycles. The van der Waals surface area contributed by atoms with E-state index in [1.165, 1.54) is 11.1 Å². The number of aryl methyl sites for hydroxylation is 3. The third-order valence-electron chi connectivity index (χ3n) is 3.93. The molecule has 0 unspecified atom stereocenters. The number of carbonyl (C=O) groups excluding carboxylic acids is 1. The van der Waals surface area contributed by atoms with E-state index < -0.39 is 0 Å². The van der Waals surface area contributed by atoms with Crippen LogP contribution in [0.3, 0.4) is 0 Å². The minimum absolute atomic E-state index is 0.178. The number of hydrogen-bond acceptors (Lipinski definition) is 3. The number of halogens is 1. The molecule has 3 rings (SSSR count). The molecular weight excluding hydrogens is 328 g/mol. The van der Waals surface area contributed by atoms with Gasteiger partial charge >= 0.3 is 0 Å². The number of carbonyl (C=O) groups is 1. The van der Waals surface area contributed by atoms with Crippen LogP contribution in [0.15, 0.2) is 22.8 Å². The largest absolute Gasteiger partial charge is 0.294 e. The van der Waals surface area contributed by atoms with Crippen molar-refractivity contribution in [3.8, 4) is 11.4 Å². The van der Waals surface area contributed by atoms with E-state index in [0.717, 1.165) is 35.0 Å². The van der Waals surface area contributed by atoms with Crippen molar-refractivity contribution in [2.75, 3.05) is 0 Å². The molecule has 0 bridgehead atoms. The summed E-state index contributed by atoms with van der Waals surface area (Å²) in [6.45, 7) is 4.13. The Morgan fingerprint density at radius 1 is 1.10 bits per heavy atom. The summed E-state index contributed by atoms with van der Waals surface area (Å²) in [5, 5.41) is 0. The molecule has 2 aromatic rings. The second-order valence-corrected chi connectivity index (χ2v) is 6.40. The van der Waals surface area contributed by atoms with Crippen molar-refractivity contribution >= 4 is 21.7 Å². The van der Waals surface area contributed by atoms with E-state index in [2.05, 4.69) is 51.9 Å². The highest BCUT2D eigenvalue weighted by atomic mass is 79.9. The molecular formula is C17H17BrN2O. The van der Waals surface area contributed by atoms with Crippen LogP contribution in [0, 0.1) is 13.8 Å². The van der Waals surface area contributed by atoms with Crippen LogP contribution >= 0.6 is 15.9 Å². The molecule has 0 atom stereocenters. The maximum absolute atomic E-state index is 12.0. The standard InChI is InChI=1S/C17H17BrN2O/c1-10-7-12(8-11(2)16(10)18)17-19-9-13-14(20-17)5-3-4-6-15(13)21/h7-9H,3-6H2,1-2H3. The maximum atomic E-state index is 12.0.